The van der Waals surface area contributed by atoms with Gasteiger partial charge in [-0.05, 0) is 19.4 Å². The number of nitrogens with zero attached hydrogens (tertiary/aromatic N) is 1. The zero-order valence-corrected chi connectivity index (χ0v) is 11.8. The fraction of sp³-hybridized carbons (Fsp3) is 0.286. The molecule has 19 heavy (non-hydrogen) atoms. The molecule has 2 rings (SSSR count). The van der Waals surface area contributed by atoms with Crippen molar-refractivity contribution in [3.05, 3.63) is 52.5 Å². The normalized spacial score (nSPS) is 11.1. The minimum Gasteiger partial charge on any atom is -0.332 e. The van der Waals surface area contributed by atoms with E-state index in [1.165, 1.54) is 11.3 Å². The Bertz CT molecular complexity index is 523. The molecule has 100 valence electrons. The summed E-state index contributed by atoms with van der Waals surface area (Å²) in [5.74, 6) is 0. The summed E-state index contributed by atoms with van der Waals surface area (Å²) < 4.78 is 0. The van der Waals surface area contributed by atoms with Gasteiger partial charge in [-0.2, -0.15) is 0 Å². The van der Waals surface area contributed by atoms with Crippen LogP contribution in [0.15, 0.2) is 41.9 Å². The van der Waals surface area contributed by atoms with E-state index in [1.807, 2.05) is 49.6 Å². The highest BCUT2D eigenvalue weighted by molar-refractivity contribution is 7.09. The van der Waals surface area contributed by atoms with Crippen molar-refractivity contribution in [2.24, 2.45) is 0 Å². The number of carbonyl (C=O) groups excluding carboxylic acids is 1. The number of urea groups is 1. The largest absolute Gasteiger partial charge is 0.332 e. The molecule has 2 N–H and O–H groups in total. The third kappa shape index (κ3) is 3.79. The third-order valence-electron chi connectivity index (χ3n) is 2.81. The Morgan fingerprint density at radius 2 is 2.05 bits per heavy atom. The van der Waals surface area contributed by atoms with Gasteiger partial charge in [-0.15, -0.1) is 11.3 Å². The van der Waals surface area contributed by atoms with E-state index in [-0.39, 0.29) is 6.03 Å². The molecular weight excluding hydrogens is 258 g/mol. The van der Waals surface area contributed by atoms with Gasteiger partial charge in [0.25, 0.3) is 0 Å². The first-order valence-electron chi connectivity index (χ1n) is 6.08. The van der Waals surface area contributed by atoms with Crippen LogP contribution in [0.4, 0.5) is 4.79 Å². The second-order valence-electron chi connectivity index (χ2n) is 4.72. The summed E-state index contributed by atoms with van der Waals surface area (Å²) >= 11 is 1.53. The molecule has 4 nitrogen and oxygen atoms in total. The second-order valence-corrected chi connectivity index (χ2v) is 5.70. The average Bonchev–Trinajstić information content (AvgIpc) is 2.90. The molecule has 0 saturated carbocycles. The minimum atomic E-state index is -0.409. The molecule has 0 radical (unpaired) electrons. The summed E-state index contributed by atoms with van der Waals surface area (Å²) in [6, 6.07) is 9.70. The average molecular weight is 275 g/mol. The first kappa shape index (κ1) is 13.5. The number of benzene rings is 1. The lowest BCUT2D eigenvalue weighted by Gasteiger charge is -2.26. The summed E-state index contributed by atoms with van der Waals surface area (Å²) in [5, 5.41) is 8.56. The molecule has 0 saturated heterocycles. The monoisotopic (exact) mass is 275 g/mol. The van der Waals surface area contributed by atoms with Gasteiger partial charge < -0.3 is 10.6 Å². The highest BCUT2D eigenvalue weighted by Crippen LogP contribution is 2.19. The maximum Gasteiger partial charge on any atom is 0.315 e. The number of carbonyl (C=O) groups is 1. The molecule has 1 aromatic heterocycles. The van der Waals surface area contributed by atoms with Crippen molar-refractivity contribution in [1.82, 2.24) is 15.6 Å². The Labute approximate surface area is 116 Å². The van der Waals surface area contributed by atoms with Crippen LogP contribution in [0.25, 0.3) is 0 Å². The van der Waals surface area contributed by atoms with Crippen LogP contribution < -0.4 is 10.6 Å². The topological polar surface area (TPSA) is 54.0 Å². The van der Waals surface area contributed by atoms with E-state index in [0.29, 0.717) is 6.54 Å². The highest BCUT2D eigenvalue weighted by atomic mass is 32.1. The van der Waals surface area contributed by atoms with Crippen LogP contribution in [0.1, 0.15) is 24.4 Å². The molecule has 2 aromatic rings. The van der Waals surface area contributed by atoms with Gasteiger partial charge in [0.1, 0.15) is 5.01 Å². The Kier molecular flexibility index (Phi) is 4.16. The van der Waals surface area contributed by atoms with E-state index >= 15 is 0 Å². The van der Waals surface area contributed by atoms with E-state index in [9.17, 15) is 4.79 Å². The van der Waals surface area contributed by atoms with E-state index in [4.69, 9.17) is 0 Å². The fourth-order valence-corrected chi connectivity index (χ4v) is 2.31. The lowest BCUT2D eigenvalue weighted by atomic mass is 9.95. The van der Waals surface area contributed by atoms with Gasteiger partial charge in [0.2, 0.25) is 0 Å². The Morgan fingerprint density at radius 1 is 1.32 bits per heavy atom. The molecule has 0 atom stereocenters. The minimum absolute atomic E-state index is 0.191. The second kappa shape index (κ2) is 5.84. The van der Waals surface area contributed by atoms with E-state index in [0.717, 1.165) is 10.6 Å². The fourth-order valence-electron chi connectivity index (χ4n) is 1.75. The van der Waals surface area contributed by atoms with Crippen LogP contribution in [-0.2, 0) is 12.1 Å². The summed E-state index contributed by atoms with van der Waals surface area (Å²) in [4.78, 5) is 16.0. The highest BCUT2D eigenvalue weighted by Gasteiger charge is 2.22. The predicted molar refractivity (Wildman–Crippen MR) is 77.0 cm³/mol. The lowest BCUT2D eigenvalue weighted by Crippen LogP contribution is -2.46. The van der Waals surface area contributed by atoms with Crippen LogP contribution in [0.2, 0.25) is 0 Å². The van der Waals surface area contributed by atoms with E-state index in [2.05, 4.69) is 15.6 Å². The number of nitrogens with one attached hydrogen (secondary N) is 2. The van der Waals surface area contributed by atoms with Crippen LogP contribution in [0.3, 0.4) is 0 Å². The smallest absolute Gasteiger partial charge is 0.315 e. The maximum absolute atomic E-state index is 11.9. The molecule has 1 aromatic carbocycles. The van der Waals surface area contributed by atoms with Crippen molar-refractivity contribution in [2.75, 3.05) is 0 Å². The van der Waals surface area contributed by atoms with Crippen LogP contribution >= 0.6 is 11.3 Å². The van der Waals surface area contributed by atoms with Gasteiger partial charge in [0.15, 0.2) is 0 Å². The van der Waals surface area contributed by atoms with Crippen molar-refractivity contribution in [2.45, 2.75) is 25.9 Å². The Hall–Kier alpha value is -1.88. The van der Waals surface area contributed by atoms with Gasteiger partial charge in [0.05, 0.1) is 12.1 Å². The molecule has 2 amide bonds. The number of hydrogen-bond donors (Lipinski definition) is 2. The molecule has 0 unspecified atom stereocenters. The number of amides is 2. The molecule has 0 aliphatic heterocycles. The third-order valence-corrected chi connectivity index (χ3v) is 3.58. The quantitative estimate of drug-likeness (QED) is 0.901. The van der Waals surface area contributed by atoms with Crippen LogP contribution in [0.5, 0.6) is 0 Å². The molecule has 1 heterocycles. The van der Waals surface area contributed by atoms with Crippen molar-refractivity contribution in [3.8, 4) is 0 Å². The zero-order chi connectivity index (χ0) is 13.7. The Balaban J connectivity index is 1.91. The van der Waals surface area contributed by atoms with E-state index in [1.54, 1.807) is 6.20 Å². The van der Waals surface area contributed by atoms with Gasteiger partial charge in [-0.3, -0.25) is 0 Å². The molecule has 0 fully saturated rings. The number of rotatable bonds is 4. The SMILES string of the molecule is CC(C)(NC(=O)NCc1nccs1)c1ccccc1. The van der Waals surface area contributed by atoms with Gasteiger partial charge in [-0.1, -0.05) is 30.3 Å². The summed E-state index contributed by atoms with van der Waals surface area (Å²) in [5.41, 5.74) is 0.660. The van der Waals surface area contributed by atoms with E-state index < -0.39 is 5.54 Å². The van der Waals surface area contributed by atoms with Gasteiger partial charge in [0, 0.05) is 11.6 Å². The summed E-state index contributed by atoms with van der Waals surface area (Å²) in [7, 11) is 0. The number of hydrogen-bond acceptors (Lipinski definition) is 3. The molecular formula is C14H17N3OS. The maximum atomic E-state index is 11.9. The summed E-state index contributed by atoms with van der Waals surface area (Å²) in [6.45, 7) is 4.41. The lowest BCUT2D eigenvalue weighted by molar-refractivity contribution is 0.229. The van der Waals surface area contributed by atoms with Crippen LogP contribution in [-0.4, -0.2) is 11.0 Å². The number of thiazole rings is 1. The standard InChI is InChI=1S/C14H17N3OS/c1-14(2,11-6-4-3-5-7-11)17-13(18)16-10-12-15-8-9-19-12/h3-9H,10H2,1-2H3,(H2,16,17,18). The first-order chi connectivity index (χ1) is 9.08. The van der Waals surface area contributed by atoms with Crippen molar-refractivity contribution >= 4 is 17.4 Å². The molecule has 0 bridgehead atoms. The summed E-state index contributed by atoms with van der Waals surface area (Å²) in [6.07, 6.45) is 1.73. The predicted octanol–water partition coefficient (Wildman–Crippen LogP) is 2.88. The molecule has 0 aliphatic rings. The van der Waals surface area contributed by atoms with Gasteiger partial charge >= 0.3 is 6.03 Å². The molecule has 0 aliphatic carbocycles. The van der Waals surface area contributed by atoms with Crippen molar-refractivity contribution in [1.29, 1.82) is 0 Å². The molecule has 5 heteroatoms. The Morgan fingerprint density at radius 3 is 2.68 bits per heavy atom. The van der Waals surface area contributed by atoms with Crippen LogP contribution in [0, 0.1) is 0 Å². The zero-order valence-electron chi connectivity index (χ0n) is 11.0. The first-order valence-corrected chi connectivity index (χ1v) is 6.96. The molecule has 0 spiro atoms. The van der Waals surface area contributed by atoms with Crippen molar-refractivity contribution in [3.63, 3.8) is 0 Å². The van der Waals surface area contributed by atoms with Gasteiger partial charge in [-0.25, -0.2) is 9.78 Å². The number of aromatic nitrogens is 1. The van der Waals surface area contributed by atoms with Crippen molar-refractivity contribution < 1.29 is 4.79 Å².